The number of carbonyl (C=O) groups is 2. The Morgan fingerprint density at radius 2 is 1.68 bits per heavy atom. The third kappa shape index (κ3) is 5.39. The van der Waals surface area contributed by atoms with Crippen LogP contribution in [0.15, 0.2) is 73.1 Å². The molecule has 1 saturated heterocycles. The molecule has 3 N–H and O–H groups in total. The van der Waals surface area contributed by atoms with Crippen LogP contribution in [0.2, 0.25) is 0 Å². The number of nitrogens with zero attached hydrogens (tertiary/aromatic N) is 2. The van der Waals surface area contributed by atoms with E-state index in [9.17, 15) is 9.59 Å². The third-order valence-corrected chi connectivity index (χ3v) is 5.15. The van der Waals surface area contributed by atoms with Crippen LogP contribution in [0.1, 0.15) is 28.8 Å². The zero-order chi connectivity index (χ0) is 21.5. The quantitative estimate of drug-likeness (QED) is 0.562. The summed E-state index contributed by atoms with van der Waals surface area (Å²) in [6, 6.07) is 18.1. The Bertz CT molecular complexity index is 1030. The summed E-state index contributed by atoms with van der Waals surface area (Å²) in [4.78, 5) is 31.7. The highest BCUT2D eigenvalue weighted by Crippen LogP contribution is 2.28. The lowest BCUT2D eigenvalue weighted by Crippen LogP contribution is -2.27. The van der Waals surface area contributed by atoms with Gasteiger partial charge in [0, 0.05) is 49.1 Å². The van der Waals surface area contributed by atoms with Crippen molar-refractivity contribution in [2.45, 2.75) is 19.4 Å². The van der Waals surface area contributed by atoms with Gasteiger partial charge in [0.05, 0.1) is 5.56 Å². The van der Waals surface area contributed by atoms with Crippen molar-refractivity contribution < 1.29 is 9.59 Å². The highest BCUT2D eigenvalue weighted by Gasteiger charge is 2.20. The Hall–Kier alpha value is -3.87. The number of hydrogen-bond donors (Lipinski definition) is 3. The first kappa shape index (κ1) is 20.4. The summed E-state index contributed by atoms with van der Waals surface area (Å²) >= 11 is 0. The number of anilines is 3. The Morgan fingerprint density at radius 3 is 2.42 bits per heavy atom. The maximum Gasteiger partial charge on any atom is 0.323 e. The Kier molecular flexibility index (Phi) is 6.42. The van der Waals surface area contributed by atoms with Gasteiger partial charge in [-0.2, -0.15) is 0 Å². The molecule has 0 aliphatic carbocycles. The monoisotopic (exact) mass is 415 g/mol. The largest absolute Gasteiger partial charge is 0.371 e. The first-order valence-electron chi connectivity index (χ1n) is 10.4. The van der Waals surface area contributed by atoms with Crippen LogP contribution in [0.5, 0.6) is 0 Å². The highest BCUT2D eigenvalue weighted by atomic mass is 16.2. The number of rotatable bonds is 6. The minimum atomic E-state index is -0.359. The zero-order valence-corrected chi connectivity index (χ0v) is 17.2. The van der Waals surface area contributed by atoms with Crippen LogP contribution in [0, 0.1) is 0 Å². The van der Waals surface area contributed by atoms with E-state index in [0.29, 0.717) is 23.5 Å². The summed E-state index contributed by atoms with van der Waals surface area (Å²) in [5.74, 6) is -0.183. The van der Waals surface area contributed by atoms with Crippen molar-refractivity contribution in [1.29, 1.82) is 0 Å². The van der Waals surface area contributed by atoms with Crippen LogP contribution in [0.3, 0.4) is 0 Å². The van der Waals surface area contributed by atoms with Gasteiger partial charge in [0.15, 0.2) is 0 Å². The molecule has 2 aromatic carbocycles. The summed E-state index contributed by atoms with van der Waals surface area (Å²) in [5.41, 5.74) is 3.61. The van der Waals surface area contributed by atoms with Gasteiger partial charge in [-0.1, -0.05) is 24.3 Å². The number of hydrogen-bond acceptors (Lipinski definition) is 4. The molecule has 0 atom stereocenters. The maximum absolute atomic E-state index is 13.0. The van der Waals surface area contributed by atoms with Gasteiger partial charge in [-0.15, -0.1) is 0 Å². The van der Waals surface area contributed by atoms with Gasteiger partial charge in [-0.3, -0.25) is 9.78 Å². The second-order valence-corrected chi connectivity index (χ2v) is 7.42. The fourth-order valence-electron chi connectivity index (χ4n) is 3.62. The van der Waals surface area contributed by atoms with Gasteiger partial charge < -0.3 is 20.9 Å². The van der Waals surface area contributed by atoms with E-state index in [1.165, 1.54) is 0 Å². The number of nitrogens with one attached hydrogen (secondary N) is 3. The SMILES string of the molecule is O=C(Nc1ccccc1)Nc1ccc(N2CCCC2)c(C(=O)NCc2cccnc2)c1. The van der Waals surface area contributed by atoms with E-state index in [1.807, 2.05) is 54.6 Å². The zero-order valence-electron chi connectivity index (χ0n) is 17.2. The molecule has 2 heterocycles. The molecule has 0 unspecified atom stereocenters. The van der Waals surface area contributed by atoms with E-state index in [4.69, 9.17) is 0 Å². The molecule has 31 heavy (non-hydrogen) atoms. The van der Waals surface area contributed by atoms with E-state index < -0.39 is 0 Å². The normalized spacial score (nSPS) is 13.0. The van der Waals surface area contributed by atoms with Gasteiger partial charge in [-0.25, -0.2) is 4.79 Å². The molecule has 1 aliphatic rings. The number of benzene rings is 2. The molecule has 3 aromatic rings. The molecule has 7 heteroatoms. The summed E-state index contributed by atoms with van der Waals surface area (Å²) in [5, 5.41) is 8.57. The molecule has 1 aromatic heterocycles. The lowest BCUT2D eigenvalue weighted by atomic mass is 10.1. The topological polar surface area (TPSA) is 86.4 Å². The van der Waals surface area contributed by atoms with E-state index in [0.717, 1.165) is 37.2 Å². The van der Waals surface area contributed by atoms with Crippen molar-refractivity contribution in [1.82, 2.24) is 10.3 Å². The van der Waals surface area contributed by atoms with Gasteiger partial charge in [0.25, 0.3) is 5.91 Å². The number of aromatic nitrogens is 1. The van der Waals surface area contributed by atoms with Crippen LogP contribution >= 0.6 is 0 Å². The number of carbonyl (C=O) groups excluding carboxylic acids is 2. The van der Waals surface area contributed by atoms with Gasteiger partial charge in [0.2, 0.25) is 0 Å². The molecule has 0 radical (unpaired) electrons. The average Bonchev–Trinajstić information content (AvgIpc) is 3.33. The lowest BCUT2D eigenvalue weighted by Gasteiger charge is -2.22. The predicted octanol–water partition coefficient (Wildman–Crippen LogP) is 4.26. The van der Waals surface area contributed by atoms with Crippen LogP contribution < -0.4 is 20.9 Å². The molecule has 0 spiro atoms. The molecule has 1 aliphatic heterocycles. The minimum absolute atomic E-state index is 0.183. The van der Waals surface area contributed by atoms with Crippen LogP contribution in [-0.2, 0) is 6.54 Å². The van der Waals surface area contributed by atoms with E-state index in [2.05, 4.69) is 25.8 Å². The number of amides is 3. The Morgan fingerprint density at radius 1 is 0.903 bits per heavy atom. The molecule has 4 rings (SSSR count). The molecule has 1 fully saturated rings. The smallest absolute Gasteiger partial charge is 0.323 e. The molecular weight excluding hydrogens is 390 g/mol. The molecule has 0 saturated carbocycles. The van der Waals surface area contributed by atoms with Crippen LogP contribution in [-0.4, -0.2) is 30.0 Å². The fourth-order valence-corrected chi connectivity index (χ4v) is 3.62. The Labute approximate surface area is 181 Å². The molecule has 3 amide bonds. The lowest BCUT2D eigenvalue weighted by molar-refractivity contribution is 0.0951. The molecule has 0 bridgehead atoms. The number of urea groups is 1. The van der Waals surface area contributed by atoms with Crippen molar-refractivity contribution in [2.75, 3.05) is 28.6 Å². The molecule has 158 valence electrons. The molecule has 7 nitrogen and oxygen atoms in total. The highest BCUT2D eigenvalue weighted by molar-refractivity contribution is 6.04. The minimum Gasteiger partial charge on any atom is -0.371 e. The fraction of sp³-hybridized carbons (Fsp3) is 0.208. The third-order valence-electron chi connectivity index (χ3n) is 5.15. The number of para-hydroxylation sites is 1. The van der Waals surface area contributed by atoms with Crippen molar-refractivity contribution in [2.24, 2.45) is 0 Å². The number of pyridine rings is 1. The maximum atomic E-state index is 13.0. The second-order valence-electron chi connectivity index (χ2n) is 7.42. The summed E-state index contributed by atoms with van der Waals surface area (Å²) in [6.07, 6.45) is 5.65. The van der Waals surface area contributed by atoms with Crippen molar-refractivity contribution in [3.05, 3.63) is 84.2 Å². The van der Waals surface area contributed by atoms with E-state index >= 15 is 0 Å². The first-order valence-corrected chi connectivity index (χ1v) is 10.4. The summed E-state index contributed by atoms with van der Waals surface area (Å²) in [7, 11) is 0. The van der Waals surface area contributed by atoms with E-state index in [1.54, 1.807) is 18.5 Å². The van der Waals surface area contributed by atoms with Gasteiger partial charge in [0.1, 0.15) is 0 Å². The van der Waals surface area contributed by atoms with Crippen LogP contribution in [0.25, 0.3) is 0 Å². The van der Waals surface area contributed by atoms with Gasteiger partial charge in [-0.05, 0) is 54.8 Å². The predicted molar refractivity (Wildman–Crippen MR) is 122 cm³/mol. The van der Waals surface area contributed by atoms with Crippen molar-refractivity contribution in [3.63, 3.8) is 0 Å². The Balaban J connectivity index is 1.51. The van der Waals surface area contributed by atoms with E-state index in [-0.39, 0.29) is 11.9 Å². The average molecular weight is 415 g/mol. The standard InChI is InChI=1S/C24H25N5O2/c30-23(26-17-18-7-6-12-25-16-18)21-15-20(10-11-22(21)29-13-4-5-14-29)28-24(31)27-19-8-2-1-3-9-19/h1-3,6-12,15-16H,4-5,13-14,17H2,(H,26,30)(H2,27,28,31). The van der Waals surface area contributed by atoms with Crippen molar-refractivity contribution in [3.8, 4) is 0 Å². The molecular formula is C24H25N5O2. The van der Waals surface area contributed by atoms with Crippen molar-refractivity contribution >= 4 is 29.0 Å². The second kappa shape index (κ2) is 9.75. The van der Waals surface area contributed by atoms with Crippen LogP contribution in [0.4, 0.5) is 21.9 Å². The van der Waals surface area contributed by atoms with Gasteiger partial charge >= 0.3 is 6.03 Å². The summed E-state index contributed by atoms with van der Waals surface area (Å²) < 4.78 is 0. The first-order chi connectivity index (χ1) is 15.2. The summed E-state index contributed by atoms with van der Waals surface area (Å²) in [6.45, 7) is 2.23.